The molecule has 2 saturated carbocycles. The van der Waals surface area contributed by atoms with Crippen molar-refractivity contribution >= 4 is 44.7 Å². The lowest BCUT2D eigenvalue weighted by Gasteiger charge is -2.05. The van der Waals surface area contributed by atoms with Gasteiger partial charge in [-0.05, 0) is 70.1 Å². The fraction of sp³-hybridized carbons (Fsp3) is 0.280. The van der Waals surface area contributed by atoms with Crippen molar-refractivity contribution in [3.8, 4) is 0 Å². The van der Waals surface area contributed by atoms with Crippen molar-refractivity contribution in [1.82, 2.24) is 14.4 Å². The summed E-state index contributed by atoms with van der Waals surface area (Å²) in [5.74, 6) is 1.37. The second-order valence-electron chi connectivity index (χ2n) is 9.04. The number of halogens is 2. The van der Waals surface area contributed by atoms with Gasteiger partial charge >= 0.3 is 0 Å². The van der Waals surface area contributed by atoms with Gasteiger partial charge in [0.1, 0.15) is 4.87 Å². The minimum atomic E-state index is -0.131. The van der Waals surface area contributed by atoms with Crippen molar-refractivity contribution in [3.05, 3.63) is 92.3 Å². The maximum Gasteiger partial charge on any atom is 0.242 e. The molecule has 0 aliphatic heterocycles. The number of imidazole rings is 1. The zero-order valence-corrected chi connectivity index (χ0v) is 20.6. The summed E-state index contributed by atoms with van der Waals surface area (Å²) >= 11 is 9.75. The van der Waals surface area contributed by atoms with Gasteiger partial charge in [0.2, 0.25) is 6.04 Å². The monoisotopic (exact) mass is 537 g/mol. The molecule has 1 aromatic carbocycles. The molecule has 3 heterocycles. The van der Waals surface area contributed by atoms with Crippen molar-refractivity contribution in [3.63, 3.8) is 0 Å². The lowest BCUT2D eigenvalue weighted by Crippen LogP contribution is -2.20. The SMILES string of the molecule is O=[N+](Nc1cc(NCc2cn3cc(C4CC4)cc(Br)c3n2)ccn1)[C@H]1C[C@@H]1c1cccc(Cl)c1. The van der Waals surface area contributed by atoms with Crippen LogP contribution in [0.3, 0.4) is 0 Å². The number of hydrogen-bond donors (Lipinski definition) is 2. The average molecular weight is 539 g/mol. The molecule has 0 saturated heterocycles. The molecule has 4 aromatic rings. The van der Waals surface area contributed by atoms with Gasteiger partial charge in [0.25, 0.3) is 0 Å². The number of rotatable bonds is 8. The Morgan fingerprint density at radius 2 is 2.03 bits per heavy atom. The van der Waals surface area contributed by atoms with E-state index in [-0.39, 0.29) is 12.0 Å². The lowest BCUT2D eigenvalue weighted by molar-refractivity contribution is -0.534. The summed E-state index contributed by atoms with van der Waals surface area (Å²) in [4.78, 5) is 22.6. The van der Waals surface area contributed by atoms with Gasteiger partial charge in [-0.3, -0.25) is 0 Å². The fourth-order valence-electron chi connectivity index (χ4n) is 4.38. The molecule has 2 aliphatic carbocycles. The van der Waals surface area contributed by atoms with E-state index in [9.17, 15) is 4.91 Å². The van der Waals surface area contributed by atoms with Gasteiger partial charge in [-0.25, -0.2) is 9.97 Å². The van der Waals surface area contributed by atoms with Crippen LogP contribution >= 0.6 is 27.5 Å². The Hall–Kier alpha value is -2.97. The predicted molar refractivity (Wildman–Crippen MR) is 136 cm³/mol. The molecule has 0 spiro atoms. The van der Waals surface area contributed by atoms with Gasteiger partial charge in [0.15, 0.2) is 11.5 Å². The molecule has 172 valence electrons. The average Bonchev–Trinajstić information content (AvgIpc) is 3.74. The Bertz CT molecular complexity index is 1400. The van der Waals surface area contributed by atoms with E-state index in [0.29, 0.717) is 23.3 Å². The van der Waals surface area contributed by atoms with E-state index >= 15 is 0 Å². The second-order valence-corrected chi connectivity index (χ2v) is 10.3. The third kappa shape index (κ3) is 4.52. The van der Waals surface area contributed by atoms with Crippen LogP contribution in [0, 0.1) is 4.91 Å². The summed E-state index contributed by atoms with van der Waals surface area (Å²) in [5.41, 5.74) is 8.04. The normalized spacial score (nSPS) is 19.2. The number of fused-ring (bicyclic) bond motifs is 1. The maximum atomic E-state index is 12.6. The molecule has 2 atom stereocenters. The van der Waals surface area contributed by atoms with Crippen LogP contribution in [0.4, 0.5) is 11.5 Å². The summed E-state index contributed by atoms with van der Waals surface area (Å²) in [6, 6.07) is 13.5. The molecule has 34 heavy (non-hydrogen) atoms. The number of pyridine rings is 2. The number of hydrazine groups is 1. The number of anilines is 2. The van der Waals surface area contributed by atoms with E-state index < -0.39 is 0 Å². The van der Waals surface area contributed by atoms with E-state index in [1.165, 1.54) is 18.4 Å². The van der Waals surface area contributed by atoms with Gasteiger partial charge in [0, 0.05) is 41.8 Å². The highest BCUT2D eigenvalue weighted by Gasteiger charge is 2.52. The van der Waals surface area contributed by atoms with Crippen LogP contribution in [-0.4, -0.2) is 25.3 Å². The first-order chi connectivity index (χ1) is 16.5. The topological polar surface area (TPSA) is 74.3 Å². The van der Waals surface area contributed by atoms with Crippen LogP contribution in [0.1, 0.15) is 47.9 Å². The Kier molecular flexibility index (Phi) is 5.50. The second kappa shape index (κ2) is 8.67. The van der Waals surface area contributed by atoms with Gasteiger partial charge in [-0.1, -0.05) is 23.7 Å². The first-order valence-electron chi connectivity index (χ1n) is 11.4. The summed E-state index contributed by atoms with van der Waals surface area (Å²) in [5, 5.41) is 4.07. The quantitative estimate of drug-likeness (QED) is 0.203. The van der Waals surface area contributed by atoms with E-state index in [0.717, 1.165) is 38.4 Å². The largest absolute Gasteiger partial charge is 0.379 e. The number of aromatic nitrogens is 3. The molecule has 2 fully saturated rings. The molecule has 9 heteroatoms. The number of hydrogen-bond acceptors (Lipinski definition) is 4. The third-order valence-electron chi connectivity index (χ3n) is 6.42. The standard InChI is InChI=1S/C25H23BrClN6O/c26-22-9-17(15-4-5-15)13-32-14-20(30-25(22)32)12-29-19-6-7-28-24(10-19)31-33(34)23-11-21(23)16-2-1-3-18(27)8-16/h1-3,6-10,13-15,21,23H,4-5,11-12H2,(H2,28,29,31,34)/q+1/t21-,23+/m1/s1. The van der Waals surface area contributed by atoms with Crippen LogP contribution in [0.15, 0.2) is 65.5 Å². The molecular formula is C25H23BrClN6O+. The van der Waals surface area contributed by atoms with E-state index in [2.05, 4.69) is 54.5 Å². The van der Waals surface area contributed by atoms with E-state index in [4.69, 9.17) is 16.6 Å². The molecular weight excluding hydrogens is 516 g/mol. The molecule has 0 radical (unpaired) electrons. The molecule has 2 aliphatic rings. The highest BCUT2D eigenvalue weighted by atomic mass is 79.9. The number of nitrogens with zero attached hydrogens (tertiary/aromatic N) is 4. The summed E-state index contributed by atoms with van der Waals surface area (Å²) in [7, 11) is 0. The molecule has 0 bridgehead atoms. The molecule has 7 nitrogen and oxygen atoms in total. The number of nitroso groups, excluding NO2 is 1. The van der Waals surface area contributed by atoms with Gasteiger partial charge in [0.05, 0.1) is 27.5 Å². The smallest absolute Gasteiger partial charge is 0.242 e. The highest BCUT2D eigenvalue weighted by molar-refractivity contribution is 9.10. The molecule has 0 unspecified atom stereocenters. The minimum absolute atomic E-state index is 0.131. The Morgan fingerprint density at radius 3 is 2.85 bits per heavy atom. The van der Waals surface area contributed by atoms with Crippen LogP contribution in [0.25, 0.3) is 5.65 Å². The van der Waals surface area contributed by atoms with Crippen molar-refractivity contribution in [2.24, 2.45) is 0 Å². The first-order valence-corrected chi connectivity index (χ1v) is 12.6. The molecule has 6 rings (SSSR count). The van der Waals surface area contributed by atoms with Crippen molar-refractivity contribution in [1.29, 1.82) is 0 Å². The Balaban J connectivity index is 1.09. The highest BCUT2D eigenvalue weighted by Crippen LogP contribution is 2.43. The number of benzene rings is 1. The summed E-state index contributed by atoms with van der Waals surface area (Å²) < 4.78 is 3.11. The zero-order valence-electron chi connectivity index (χ0n) is 18.3. The van der Waals surface area contributed by atoms with Crippen molar-refractivity contribution < 1.29 is 4.87 Å². The van der Waals surface area contributed by atoms with Gasteiger partial charge in [-0.15, -0.1) is 5.43 Å². The van der Waals surface area contributed by atoms with Crippen LogP contribution in [0.5, 0.6) is 0 Å². The van der Waals surface area contributed by atoms with Crippen LogP contribution in [-0.2, 0) is 6.54 Å². The molecule has 3 aromatic heterocycles. The van der Waals surface area contributed by atoms with Crippen molar-refractivity contribution in [2.45, 2.75) is 43.7 Å². The minimum Gasteiger partial charge on any atom is -0.379 e. The summed E-state index contributed by atoms with van der Waals surface area (Å²) in [6.45, 7) is 0.566. The van der Waals surface area contributed by atoms with E-state index in [1.54, 1.807) is 6.20 Å². The van der Waals surface area contributed by atoms with Gasteiger partial charge < -0.3 is 9.72 Å². The van der Waals surface area contributed by atoms with Crippen LogP contribution < -0.4 is 10.7 Å². The zero-order chi connectivity index (χ0) is 23.2. The molecule has 0 amide bonds. The number of nitrogens with one attached hydrogen (secondary N) is 2. The van der Waals surface area contributed by atoms with E-state index in [1.807, 2.05) is 36.4 Å². The Morgan fingerprint density at radius 1 is 1.15 bits per heavy atom. The maximum absolute atomic E-state index is 12.6. The lowest BCUT2D eigenvalue weighted by atomic mass is 10.1. The van der Waals surface area contributed by atoms with Crippen LogP contribution in [0.2, 0.25) is 5.02 Å². The predicted octanol–water partition coefficient (Wildman–Crippen LogP) is 6.30. The van der Waals surface area contributed by atoms with Crippen molar-refractivity contribution in [2.75, 3.05) is 10.7 Å². The van der Waals surface area contributed by atoms with Gasteiger partial charge in [-0.2, -0.15) is 0 Å². The Labute approximate surface area is 210 Å². The molecule has 2 N–H and O–H groups in total. The third-order valence-corrected chi connectivity index (χ3v) is 7.24. The first kappa shape index (κ1) is 21.6. The fourth-order valence-corrected chi connectivity index (χ4v) is 5.14. The summed E-state index contributed by atoms with van der Waals surface area (Å²) in [6.07, 6.45) is 9.25.